The van der Waals surface area contributed by atoms with Gasteiger partial charge in [0.15, 0.2) is 0 Å². The highest BCUT2D eigenvalue weighted by atomic mass is 32.1. The van der Waals surface area contributed by atoms with Gasteiger partial charge >= 0.3 is 0 Å². The molecule has 124 valence electrons. The molecule has 3 rings (SSSR count). The van der Waals surface area contributed by atoms with Crippen molar-refractivity contribution in [3.05, 3.63) is 39.4 Å². The molecule has 1 amide bonds. The zero-order chi connectivity index (χ0) is 16.2. The summed E-state index contributed by atoms with van der Waals surface area (Å²) in [4.78, 5) is 14.1. The molecular formula is C17H22N2O3S. The molecule has 23 heavy (non-hydrogen) atoms. The minimum Gasteiger partial charge on any atom is -0.373 e. The molecule has 1 N–H and O–H groups in total. The molecule has 1 fully saturated rings. The van der Waals surface area contributed by atoms with Crippen molar-refractivity contribution < 1.29 is 14.1 Å². The van der Waals surface area contributed by atoms with E-state index >= 15 is 0 Å². The molecule has 1 aliphatic rings. The molecule has 0 saturated carbocycles. The highest BCUT2D eigenvalue weighted by Crippen LogP contribution is 2.33. The Bertz CT molecular complexity index is 656. The summed E-state index contributed by atoms with van der Waals surface area (Å²) in [7, 11) is 0. The normalized spacial score (nSPS) is 17.8. The lowest BCUT2D eigenvalue weighted by Crippen LogP contribution is -2.21. The topological polar surface area (TPSA) is 64.4 Å². The maximum atomic E-state index is 12.2. The van der Waals surface area contributed by atoms with Crippen LogP contribution in [0.2, 0.25) is 0 Å². The fourth-order valence-corrected chi connectivity index (χ4v) is 3.65. The molecule has 1 aliphatic heterocycles. The summed E-state index contributed by atoms with van der Waals surface area (Å²) in [6.45, 7) is 5.46. The quantitative estimate of drug-likeness (QED) is 0.874. The van der Waals surface area contributed by atoms with Crippen molar-refractivity contribution in [1.82, 2.24) is 10.5 Å². The van der Waals surface area contributed by atoms with Crippen LogP contribution in [0, 0.1) is 5.92 Å². The fourth-order valence-electron chi connectivity index (χ4n) is 2.65. The van der Waals surface area contributed by atoms with E-state index in [9.17, 15) is 4.79 Å². The van der Waals surface area contributed by atoms with Crippen LogP contribution in [0.15, 0.2) is 22.7 Å². The minimum atomic E-state index is -0.0762. The number of ether oxygens (including phenoxy) is 1. The summed E-state index contributed by atoms with van der Waals surface area (Å²) >= 11 is 1.51. The molecule has 1 unspecified atom stereocenters. The van der Waals surface area contributed by atoms with Gasteiger partial charge in [0, 0.05) is 24.0 Å². The molecule has 1 atom stereocenters. The molecule has 1 saturated heterocycles. The summed E-state index contributed by atoms with van der Waals surface area (Å²) in [6, 6.07) is 5.77. The zero-order valence-electron chi connectivity index (χ0n) is 13.5. The first-order valence-corrected chi connectivity index (χ1v) is 8.87. The molecule has 0 radical (unpaired) electrons. The van der Waals surface area contributed by atoms with Crippen LogP contribution in [-0.2, 0) is 17.7 Å². The van der Waals surface area contributed by atoms with Crippen LogP contribution in [0.25, 0.3) is 0 Å². The second-order valence-corrected chi connectivity index (χ2v) is 7.38. The van der Waals surface area contributed by atoms with E-state index in [1.807, 2.05) is 18.2 Å². The van der Waals surface area contributed by atoms with Crippen molar-refractivity contribution in [3.63, 3.8) is 0 Å². The Morgan fingerprint density at radius 1 is 1.48 bits per heavy atom. The van der Waals surface area contributed by atoms with Crippen LogP contribution in [0.1, 0.15) is 58.8 Å². The third-order valence-electron chi connectivity index (χ3n) is 3.74. The number of rotatable bonds is 6. The van der Waals surface area contributed by atoms with Gasteiger partial charge in [-0.3, -0.25) is 4.79 Å². The molecule has 3 heterocycles. The monoisotopic (exact) mass is 334 g/mol. The first-order chi connectivity index (χ1) is 11.1. The molecule has 0 aliphatic carbocycles. The third kappa shape index (κ3) is 4.20. The minimum absolute atomic E-state index is 0.0762. The number of amides is 1. The standard InChI is InChI=1S/C17H22N2O3S/c1-11(2)8-13-9-12(19-22-13)10-18-17(20)16-6-5-15(23-16)14-4-3-7-21-14/h5-6,9,11,14H,3-4,7-8,10H2,1-2H3,(H,18,20). The highest BCUT2D eigenvalue weighted by Gasteiger charge is 2.21. The van der Waals surface area contributed by atoms with Crippen molar-refractivity contribution in [2.75, 3.05) is 6.61 Å². The Kier molecular flexibility index (Phi) is 5.13. The van der Waals surface area contributed by atoms with E-state index in [4.69, 9.17) is 9.26 Å². The Morgan fingerprint density at radius 3 is 3.09 bits per heavy atom. The van der Waals surface area contributed by atoms with Crippen molar-refractivity contribution in [1.29, 1.82) is 0 Å². The van der Waals surface area contributed by atoms with Gasteiger partial charge in [-0.1, -0.05) is 19.0 Å². The summed E-state index contributed by atoms with van der Waals surface area (Å²) in [5, 5.41) is 6.89. The summed E-state index contributed by atoms with van der Waals surface area (Å²) in [5.41, 5.74) is 0.755. The van der Waals surface area contributed by atoms with Crippen LogP contribution in [0.4, 0.5) is 0 Å². The van der Waals surface area contributed by atoms with Gasteiger partial charge in [-0.25, -0.2) is 0 Å². The number of thiophene rings is 1. The van der Waals surface area contributed by atoms with Crippen LogP contribution in [0.5, 0.6) is 0 Å². The second kappa shape index (κ2) is 7.27. The number of hydrogen-bond acceptors (Lipinski definition) is 5. The van der Waals surface area contributed by atoms with E-state index in [1.165, 1.54) is 11.3 Å². The van der Waals surface area contributed by atoms with Gasteiger partial charge in [-0.15, -0.1) is 11.3 Å². The van der Waals surface area contributed by atoms with Gasteiger partial charge in [0.2, 0.25) is 0 Å². The van der Waals surface area contributed by atoms with Gasteiger partial charge in [-0.05, 0) is 30.9 Å². The zero-order valence-corrected chi connectivity index (χ0v) is 14.3. The third-order valence-corrected chi connectivity index (χ3v) is 4.92. The Labute approximate surface area is 140 Å². The molecule has 2 aromatic heterocycles. The van der Waals surface area contributed by atoms with Gasteiger partial charge in [-0.2, -0.15) is 0 Å². The van der Waals surface area contributed by atoms with Gasteiger partial charge in [0.05, 0.1) is 17.5 Å². The summed E-state index contributed by atoms with van der Waals surface area (Å²) in [6.07, 6.45) is 3.15. The van der Waals surface area contributed by atoms with Crippen molar-refractivity contribution >= 4 is 17.2 Å². The number of hydrogen-bond donors (Lipinski definition) is 1. The second-order valence-electron chi connectivity index (χ2n) is 6.27. The smallest absolute Gasteiger partial charge is 0.261 e. The maximum Gasteiger partial charge on any atom is 0.261 e. The predicted octanol–water partition coefficient (Wildman–Crippen LogP) is 3.72. The average Bonchev–Trinajstić information content (AvgIpc) is 3.24. The van der Waals surface area contributed by atoms with E-state index in [0.29, 0.717) is 17.3 Å². The predicted molar refractivity (Wildman–Crippen MR) is 88.5 cm³/mol. The van der Waals surface area contributed by atoms with Crippen LogP contribution in [0.3, 0.4) is 0 Å². The van der Waals surface area contributed by atoms with E-state index in [1.54, 1.807) is 0 Å². The largest absolute Gasteiger partial charge is 0.373 e. The van der Waals surface area contributed by atoms with E-state index in [0.717, 1.165) is 42.2 Å². The average molecular weight is 334 g/mol. The fraction of sp³-hybridized carbons (Fsp3) is 0.529. The molecule has 2 aromatic rings. The van der Waals surface area contributed by atoms with E-state index in [2.05, 4.69) is 24.3 Å². The lowest BCUT2D eigenvalue weighted by molar-refractivity contribution is 0.0954. The van der Waals surface area contributed by atoms with Crippen molar-refractivity contribution in [2.24, 2.45) is 5.92 Å². The Balaban J connectivity index is 1.53. The number of nitrogens with zero attached hydrogens (tertiary/aromatic N) is 1. The molecule has 0 bridgehead atoms. The maximum absolute atomic E-state index is 12.2. The summed E-state index contributed by atoms with van der Waals surface area (Å²) < 4.78 is 10.9. The van der Waals surface area contributed by atoms with Crippen molar-refractivity contribution in [3.8, 4) is 0 Å². The van der Waals surface area contributed by atoms with Crippen LogP contribution in [-0.4, -0.2) is 17.7 Å². The summed E-state index contributed by atoms with van der Waals surface area (Å²) in [5.74, 6) is 1.31. The van der Waals surface area contributed by atoms with E-state index < -0.39 is 0 Å². The lowest BCUT2D eigenvalue weighted by Gasteiger charge is -2.05. The Hall–Kier alpha value is -1.66. The van der Waals surface area contributed by atoms with Crippen LogP contribution >= 0.6 is 11.3 Å². The Morgan fingerprint density at radius 2 is 2.35 bits per heavy atom. The molecule has 0 aromatic carbocycles. The van der Waals surface area contributed by atoms with Gasteiger partial charge in [0.1, 0.15) is 11.5 Å². The van der Waals surface area contributed by atoms with Crippen molar-refractivity contribution in [2.45, 2.75) is 45.8 Å². The highest BCUT2D eigenvalue weighted by molar-refractivity contribution is 7.14. The lowest BCUT2D eigenvalue weighted by atomic mass is 10.1. The molecule has 0 spiro atoms. The van der Waals surface area contributed by atoms with Crippen LogP contribution < -0.4 is 5.32 Å². The van der Waals surface area contributed by atoms with E-state index in [-0.39, 0.29) is 12.0 Å². The molecular weight excluding hydrogens is 312 g/mol. The number of carbonyl (C=O) groups is 1. The molecule has 6 heteroatoms. The SMILES string of the molecule is CC(C)Cc1cc(CNC(=O)c2ccc(C3CCCO3)s2)no1. The first kappa shape index (κ1) is 16.2. The van der Waals surface area contributed by atoms with Gasteiger partial charge < -0.3 is 14.6 Å². The van der Waals surface area contributed by atoms with Gasteiger partial charge in [0.25, 0.3) is 5.91 Å². The number of carbonyl (C=O) groups excluding carboxylic acids is 1. The molecule has 5 nitrogen and oxygen atoms in total. The number of aromatic nitrogens is 1. The first-order valence-electron chi connectivity index (χ1n) is 8.06. The number of nitrogens with one attached hydrogen (secondary N) is 1.